The summed E-state index contributed by atoms with van der Waals surface area (Å²) in [5.74, 6) is -0.657. The van der Waals surface area contributed by atoms with Crippen molar-refractivity contribution in [3.05, 3.63) is 100 Å². The number of nitrogens with one attached hydrogen (secondary N) is 1. The fourth-order valence-corrected chi connectivity index (χ4v) is 3.62. The van der Waals surface area contributed by atoms with E-state index in [1.807, 2.05) is 88.4 Å². The number of para-hydroxylation sites is 1. The Morgan fingerprint density at radius 1 is 0.700 bits per heavy atom. The fourth-order valence-electron chi connectivity index (χ4n) is 3.62. The Balaban J connectivity index is 1.86. The van der Waals surface area contributed by atoms with Crippen molar-refractivity contribution in [2.45, 2.75) is 27.7 Å². The highest BCUT2D eigenvalue weighted by Gasteiger charge is 2.40. The van der Waals surface area contributed by atoms with Gasteiger partial charge in [0.25, 0.3) is 11.8 Å². The molecular formula is C26H24N2O2. The van der Waals surface area contributed by atoms with Gasteiger partial charge in [-0.15, -0.1) is 0 Å². The Kier molecular flexibility index (Phi) is 5.00. The lowest BCUT2D eigenvalue weighted by Crippen LogP contribution is -2.33. The smallest absolute Gasteiger partial charge is 0.282 e. The number of aryl methyl sites for hydroxylation is 4. The van der Waals surface area contributed by atoms with Gasteiger partial charge in [-0.1, -0.05) is 54.1 Å². The fraction of sp³-hybridized carbons (Fsp3) is 0.154. The maximum Gasteiger partial charge on any atom is 0.282 e. The molecule has 1 heterocycles. The molecule has 30 heavy (non-hydrogen) atoms. The minimum atomic E-state index is -0.344. The van der Waals surface area contributed by atoms with Crippen molar-refractivity contribution < 1.29 is 9.59 Å². The summed E-state index contributed by atoms with van der Waals surface area (Å²) in [5.41, 5.74) is 7.02. The highest BCUT2D eigenvalue weighted by atomic mass is 16.2. The zero-order chi connectivity index (χ0) is 21.4. The maximum atomic E-state index is 13.5. The summed E-state index contributed by atoms with van der Waals surface area (Å²) in [6.07, 6.45) is 0. The van der Waals surface area contributed by atoms with Gasteiger partial charge in [0.05, 0.1) is 11.3 Å². The number of benzene rings is 3. The molecule has 2 amide bonds. The number of rotatable bonds is 4. The molecule has 3 aromatic rings. The number of anilines is 2. The first-order valence-electron chi connectivity index (χ1n) is 9.97. The molecule has 0 aromatic heterocycles. The normalized spacial score (nSPS) is 13.9. The molecule has 0 radical (unpaired) electrons. The van der Waals surface area contributed by atoms with Crippen molar-refractivity contribution in [3.63, 3.8) is 0 Å². The van der Waals surface area contributed by atoms with E-state index in [4.69, 9.17) is 0 Å². The summed E-state index contributed by atoms with van der Waals surface area (Å²) in [4.78, 5) is 28.3. The van der Waals surface area contributed by atoms with E-state index in [0.29, 0.717) is 17.0 Å². The van der Waals surface area contributed by atoms with Crippen LogP contribution in [0.1, 0.15) is 27.8 Å². The van der Waals surface area contributed by atoms with Crippen LogP contribution >= 0.6 is 0 Å². The second-order valence-corrected chi connectivity index (χ2v) is 7.77. The third kappa shape index (κ3) is 3.41. The molecule has 0 unspecified atom stereocenters. The summed E-state index contributed by atoms with van der Waals surface area (Å²) in [6.45, 7) is 7.94. The van der Waals surface area contributed by atoms with Gasteiger partial charge < -0.3 is 5.32 Å². The molecular weight excluding hydrogens is 372 g/mol. The summed E-state index contributed by atoms with van der Waals surface area (Å²) < 4.78 is 0. The summed E-state index contributed by atoms with van der Waals surface area (Å²) in [5, 5.41) is 3.22. The first kappa shape index (κ1) is 19.6. The summed E-state index contributed by atoms with van der Waals surface area (Å²) >= 11 is 0. The molecule has 4 heteroatoms. The number of hydrogen-bond acceptors (Lipinski definition) is 3. The Morgan fingerprint density at radius 3 is 2.07 bits per heavy atom. The van der Waals surface area contributed by atoms with Crippen LogP contribution in [0.5, 0.6) is 0 Å². The lowest BCUT2D eigenvalue weighted by atomic mass is 9.99. The molecule has 4 nitrogen and oxygen atoms in total. The molecule has 0 fully saturated rings. The lowest BCUT2D eigenvalue weighted by molar-refractivity contribution is -0.120. The van der Waals surface area contributed by atoms with Crippen LogP contribution in [0, 0.1) is 27.7 Å². The van der Waals surface area contributed by atoms with E-state index in [1.54, 1.807) is 6.07 Å². The van der Waals surface area contributed by atoms with Gasteiger partial charge in [-0.3, -0.25) is 9.59 Å². The van der Waals surface area contributed by atoms with Crippen molar-refractivity contribution in [2.75, 3.05) is 10.2 Å². The molecule has 0 saturated carbocycles. The molecule has 0 bridgehead atoms. The molecule has 0 saturated heterocycles. The molecule has 0 spiro atoms. The second kappa shape index (κ2) is 7.64. The van der Waals surface area contributed by atoms with Crippen molar-refractivity contribution in [3.8, 4) is 0 Å². The first-order valence-corrected chi connectivity index (χ1v) is 9.97. The van der Waals surface area contributed by atoms with E-state index in [1.165, 1.54) is 4.90 Å². The van der Waals surface area contributed by atoms with Crippen LogP contribution in [0.3, 0.4) is 0 Å². The van der Waals surface area contributed by atoms with E-state index in [0.717, 1.165) is 33.5 Å². The van der Waals surface area contributed by atoms with Crippen molar-refractivity contribution in [2.24, 2.45) is 0 Å². The predicted octanol–water partition coefficient (Wildman–Crippen LogP) is 5.32. The number of carbonyl (C=O) groups is 2. The number of imide groups is 1. The van der Waals surface area contributed by atoms with E-state index < -0.39 is 0 Å². The Bertz CT molecular complexity index is 1190. The van der Waals surface area contributed by atoms with E-state index in [2.05, 4.69) is 5.32 Å². The highest BCUT2D eigenvalue weighted by molar-refractivity contribution is 6.46. The third-order valence-corrected chi connectivity index (χ3v) is 5.56. The molecule has 150 valence electrons. The van der Waals surface area contributed by atoms with Gasteiger partial charge in [0.1, 0.15) is 5.70 Å². The van der Waals surface area contributed by atoms with Crippen LogP contribution in [0.2, 0.25) is 0 Å². The second-order valence-electron chi connectivity index (χ2n) is 7.77. The molecule has 1 aliphatic heterocycles. The highest BCUT2D eigenvalue weighted by Crippen LogP contribution is 2.35. The zero-order valence-electron chi connectivity index (χ0n) is 17.6. The third-order valence-electron chi connectivity index (χ3n) is 5.56. The van der Waals surface area contributed by atoms with Gasteiger partial charge in [-0.05, 0) is 68.1 Å². The average molecular weight is 396 g/mol. The Hall–Kier alpha value is -3.66. The van der Waals surface area contributed by atoms with Gasteiger partial charge >= 0.3 is 0 Å². The van der Waals surface area contributed by atoms with Gasteiger partial charge in [-0.2, -0.15) is 0 Å². The first-order chi connectivity index (χ1) is 14.4. The predicted molar refractivity (Wildman–Crippen MR) is 121 cm³/mol. The zero-order valence-corrected chi connectivity index (χ0v) is 17.6. The monoisotopic (exact) mass is 396 g/mol. The van der Waals surface area contributed by atoms with Crippen LogP contribution in [0.15, 0.2) is 72.4 Å². The molecule has 0 atom stereocenters. The minimum Gasteiger partial charge on any atom is -0.350 e. The number of hydrogen-bond donors (Lipinski definition) is 1. The quantitative estimate of drug-likeness (QED) is 0.608. The van der Waals surface area contributed by atoms with Crippen LogP contribution in [-0.2, 0) is 9.59 Å². The average Bonchev–Trinajstić information content (AvgIpc) is 2.96. The minimum absolute atomic E-state index is 0.301. The van der Waals surface area contributed by atoms with Gasteiger partial charge in [0.2, 0.25) is 0 Å². The number of nitrogens with zero attached hydrogens (tertiary/aromatic N) is 1. The maximum absolute atomic E-state index is 13.5. The molecule has 3 aromatic carbocycles. The van der Waals surface area contributed by atoms with Crippen LogP contribution < -0.4 is 10.2 Å². The van der Waals surface area contributed by atoms with Gasteiger partial charge in [0.15, 0.2) is 0 Å². The van der Waals surface area contributed by atoms with E-state index in [-0.39, 0.29) is 11.8 Å². The summed E-state index contributed by atoms with van der Waals surface area (Å²) in [6, 6.07) is 21.1. The van der Waals surface area contributed by atoms with E-state index >= 15 is 0 Å². The number of amides is 2. The topological polar surface area (TPSA) is 49.4 Å². The van der Waals surface area contributed by atoms with Crippen molar-refractivity contribution in [1.82, 2.24) is 0 Å². The standard InChI is InChI=1S/C26H24N2O2/c1-16-9-13-21(14-10-16)27-24-23(20-12-11-17(2)19(4)15-20)25(29)28(26(24)30)22-8-6-5-7-18(22)3/h5-15,27H,1-4H3. The lowest BCUT2D eigenvalue weighted by Gasteiger charge is -2.17. The Morgan fingerprint density at radius 2 is 1.40 bits per heavy atom. The Labute approximate surface area is 176 Å². The van der Waals surface area contributed by atoms with Crippen molar-refractivity contribution in [1.29, 1.82) is 0 Å². The molecule has 1 N–H and O–H groups in total. The molecule has 0 aliphatic carbocycles. The van der Waals surface area contributed by atoms with Crippen LogP contribution in [0.4, 0.5) is 11.4 Å². The summed E-state index contributed by atoms with van der Waals surface area (Å²) in [7, 11) is 0. The SMILES string of the molecule is Cc1ccc(NC2=C(c3ccc(C)c(C)c3)C(=O)N(c3ccccc3C)C2=O)cc1. The number of carbonyl (C=O) groups excluding carboxylic acids is 2. The van der Waals surface area contributed by atoms with Gasteiger partial charge in [0, 0.05) is 5.69 Å². The molecule has 4 rings (SSSR count). The van der Waals surface area contributed by atoms with Gasteiger partial charge in [-0.25, -0.2) is 4.90 Å². The molecule has 1 aliphatic rings. The van der Waals surface area contributed by atoms with E-state index in [9.17, 15) is 9.59 Å². The largest absolute Gasteiger partial charge is 0.350 e. The van der Waals surface area contributed by atoms with Crippen LogP contribution in [-0.4, -0.2) is 11.8 Å². The van der Waals surface area contributed by atoms with Crippen molar-refractivity contribution >= 4 is 28.8 Å². The van der Waals surface area contributed by atoms with Crippen LogP contribution in [0.25, 0.3) is 5.57 Å².